The number of aliphatic hydroxyl groups excluding tert-OH is 2. The number of nitrogens with one attached hydrogen (secondary N) is 1. The lowest BCUT2D eigenvalue weighted by molar-refractivity contribution is -0.143. The predicted octanol–water partition coefficient (Wildman–Crippen LogP) is 25.5. The van der Waals surface area contributed by atoms with Gasteiger partial charge in [-0.3, -0.25) is 9.59 Å². The molecule has 0 aliphatic rings. The van der Waals surface area contributed by atoms with Crippen LogP contribution in [-0.4, -0.2) is 47.4 Å². The summed E-state index contributed by atoms with van der Waals surface area (Å²) in [6.45, 7) is 4.99. The molecular weight excluding hydrogens is 1030 g/mol. The van der Waals surface area contributed by atoms with E-state index in [0.29, 0.717) is 25.9 Å². The van der Waals surface area contributed by atoms with E-state index in [0.717, 1.165) is 44.9 Å². The van der Waals surface area contributed by atoms with Crippen molar-refractivity contribution in [2.75, 3.05) is 13.2 Å². The highest BCUT2D eigenvalue weighted by Gasteiger charge is 2.20. The smallest absolute Gasteiger partial charge is 0.305 e. The fraction of sp³-hybridized carbons (Fsp3) is 0.949. The zero-order chi connectivity index (χ0) is 60.6. The number of carbonyl (C=O) groups excluding carboxylic acids is 2. The van der Waals surface area contributed by atoms with Gasteiger partial charge in [-0.05, 0) is 51.4 Å². The molecule has 6 nitrogen and oxygen atoms in total. The zero-order valence-corrected chi connectivity index (χ0v) is 57.4. The van der Waals surface area contributed by atoms with Crippen LogP contribution in [0, 0.1) is 0 Å². The molecule has 0 spiro atoms. The number of esters is 1. The van der Waals surface area contributed by atoms with Crippen molar-refractivity contribution < 1.29 is 24.5 Å². The number of rotatable bonds is 74. The second kappa shape index (κ2) is 74.1. The Balaban J connectivity index is 3.26. The molecule has 0 aromatic carbocycles. The number of ether oxygens (including phenoxy) is 1. The molecule has 0 bridgehead atoms. The number of aliphatic hydroxyl groups is 2. The van der Waals surface area contributed by atoms with Crippen molar-refractivity contribution in [3.8, 4) is 0 Å². The van der Waals surface area contributed by atoms with Gasteiger partial charge >= 0.3 is 5.97 Å². The van der Waals surface area contributed by atoms with Crippen LogP contribution >= 0.6 is 0 Å². The van der Waals surface area contributed by atoms with Crippen LogP contribution in [-0.2, 0) is 14.3 Å². The van der Waals surface area contributed by atoms with E-state index in [4.69, 9.17) is 4.74 Å². The van der Waals surface area contributed by atoms with Crippen LogP contribution in [0.15, 0.2) is 12.2 Å². The Kier molecular flexibility index (Phi) is 72.8. The van der Waals surface area contributed by atoms with E-state index in [-0.39, 0.29) is 18.5 Å². The number of hydrogen-bond donors (Lipinski definition) is 3. The number of carbonyl (C=O) groups is 2. The lowest BCUT2D eigenvalue weighted by atomic mass is 10.0. The van der Waals surface area contributed by atoms with Crippen LogP contribution in [0.5, 0.6) is 0 Å². The van der Waals surface area contributed by atoms with E-state index in [9.17, 15) is 19.8 Å². The van der Waals surface area contributed by atoms with Gasteiger partial charge < -0.3 is 20.3 Å². The third-order valence-electron chi connectivity index (χ3n) is 18.6. The topological polar surface area (TPSA) is 95.9 Å². The molecule has 0 aliphatic heterocycles. The van der Waals surface area contributed by atoms with Gasteiger partial charge in [0.25, 0.3) is 0 Å². The summed E-state index contributed by atoms with van der Waals surface area (Å²) in [7, 11) is 0. The first-order valence-electron chi connectivity index (χ1n) is 38.9. The average molecular weight is 1190 g/mol. The molecule has 84 heavy (non-hydrogen) atoms. The normalized spacial score (nSPS) is 12.5. The largest absolute Gasteiger partial charge is 0.466 e. The van der Waals surface area contributed by atoms with E-state index in [1.807, 2.05) is 0 Å². The van der Waals surface area contributed by atoms with Crippen molar-refractivity contribution in [3.63, 3.8) is 0 Å². The van der Waals surface area contributed by atoms with Crippen LogP contribution in [0.25, 0.3) is 0 Å². The lowest BCUT2D eigenvalue weighted by Crippen LogP contribution is -2.45. The molecule has 2 atom stereocenters. The van der Waals surface area contributed by atoms with Crippen molar-refractivity contribution in [2.24, 2.45) is 0 Å². The van der Waals surface area contributed by atoms with Crippen molar-refractivity contribution >= 4 is 11.9 Å². The maximum atomic E-state index is 12.5. The maximum absolute atomic E-state index is 12.5. The summed E-state index contributed by atoms with van der Waals surface area (Å²) in [6.07, 6.45) is 93.2. The summed E-state index contributed by atoms with van der Waals surface area (Å²) in [4.78, 5) is 24.6. The maximum Gasteiger partial charge on any atom is 0.305 e. The van der Waals surface area contributed by atoms with Crippen LogP contribution < -0.4 is 5.32 Å². The minimum Gasteiger partial charge on any atom is -0.466 e. The molecule has 0 saturated carbocycles. The lowest BCUT2D eigenvalue weighted by Gasteiger charge is -2.22. The van der Waals surface area contributed by atoms with Gasteiger partial charge in [-0.2, -0.15) is 0 Å². The molecule has 0 saturated heterocycles. The highest BCUT2D eigenvalue weighted by molar-refractivity contribution is 5.76. The molecule has 0 rings (SSSR count). The van der Waals surface area contributed by atoms with E-state index in [1.54, 1.807) is 0 Å². The summed E-state index contributed by atoms with van der Waals surface area (Å²) >= 11 is 0. The zero-order valence-electron chi connectivity index (χ0n) is 57.4. The van der Waals surface area contributed by atoms with Gasteiger partial charge in [-0.15, -0.1) is 0 Å². The standard InChI is InChI=1S/C78H153NO5/c1-3-5-7-9-11-13-15-17-18-45-48-52-56-60-64-68-72-78(83)84-73-69-65-61-57-53-49-46-43-41-39-37-35-33-31-29-27-25-23-21-19-20-22-24-26-28-30-32-34-36-38-40-42-44-47-51-55-59-63-67-71-77(82)79-75(74-80)76(81)70-66-62-58-54-50-16-14-12-10-8-6-4-2/h18,45,75-76,80-81H,3-17,19-44,46-74H2,1-2H3,(H,79,82)/b45-18-. The molecule has 0 aliphatic carbocycles. The van der Waals surface area contributed by atoms with Gasteiger partial charge in [0, 0.05) is 12.8 Å². The first-order valence-corrected chi connectivity index (χ1v) is 38.9. The summed E-state index contributed by atoms with van der Waals surface area (Å²) in [5.74, 6) is -0.00890. The molecule has 6 heteroatoms. The number of hydrogen-bond acceptors (Lipinski definition) is 5. The molecule has 0 heterocycles. The van der Waals surface area contributed by atoms with Crippen molar-refractivity contribution in [1.82, 2.24) is 5.32 Å². The Morgan fingerprint density at radius 2 is 0.560 bits per heavy atom. The predicted molar refractivity (Wildman–Crippen MR) is 370 cm³/mol. The summed E-state index contributed by atoms with van der Waals surface area (Å²) in [5.41, 5.74) is 0. The highest BCUT2D eigenvalue weighted by Crippen LogP contribution is 2.20. The van der Waals surface area contributed by atoms with Crippen LogP contribution in [0.2, 0.25) is 0 Å². The number of unbranched alkanes of at least 4 members (excludes halogenated alkanes) is 61. The van der Waals surface area contributed by atoms with Crippen LogP contribution in [0.1, 0.15) is 450 Å². The average Bonchev–Trinajstić information content (AvgIpc) is 3.50. The summed E-state index contributed by atoms with van der Waals surface area (Å²) in [6, 6.07) is -0.535. The molecule has 500 valence electrons. The van der Waals surface area contributed by atoms with Gasteiger partial charge in [-0.1, -0.05) is 398 Å². The molecule has 0 fully saturated rings. The first-order chi connectivity index (χ1) is 41.5. The molecule has 1 amide bonds. The second-order valence-corrected chi connectivity index (χ2v) is 27.0. The van der Waals surface area contributed by atoms with Gasteiger partial charge in [0.05, 0.1) is 25.4 Å². The first kappa shape index (κ1) is 82.6. The quantitative estimate of drug-likeness (QED) is 0.0320. The van der Waals surface area contributed by atoms with Gasteiger partial charge in [0.15, 0.2) is 0 Å². The van der Waals surface area contributed by atoms with Gasteiger partial charge in [0.2, 0.25) is 5.91 Å². The van der Waals surface area contributed by atoms with Crippen molar-refractivity contribution in [2.45, 2.75) is 463 Å². The van der Waals surface area contributed by atoms with Crippen molar-refractivity contribution in [3.05, 3.63) is 12.2 Å². The third kappa shape index (κ3) is 69.7. The van der Waals surface area contributed by atoms with Crippen molar-refractivity contribution in [1.29, 1.82) is 0 Å². The SMILES string of the molecule is CCCCCCCCC/C=C\CCCCCCCC(=O)OCCCCCCCCCCCCCCCCCCCCCCCCCCCCCCCCCCCCCCCCCC(=O)NC(CO)C(O)CCCCCCCCCCCCCC. The summed E-state index contributed by atoms with van der Waals surface area (Å²) < 4.78 is 5.50. The minimum absolute atomic E-state index is 0.0176. The molecular formula is C78H153NO5. The second-order valence-electron chi connectivity index (χ2n) is 27.0. The monoisotopic (exact) mass is 1180 g/mol. The fourth-order valence-corrected chi connectivity index (χ4v) is 12.6. The van der Waals surface area contributed by atoms with Gasteiger partial charge in [0.1, 0.15) is 0 Å². The Labute approximate surface area is 527 Å². The fourth-order valence-electron chi connectivity index (χ4n) is 12.6. The minimum atomic E-state index is -0.658. The van der Waals surface area contributed by atoms with E-state index in [2.05, 4.69) is 31.3 Å². The van der Waals surface area contributed by atoms with E-state index < -0.39 is 12.1 Å². The Morgan fingerprint density at radius 1 is 0.321 bits per heavy atom. The molecule has 0 aromatic rings. The Morgan fingerprint density at radius 3 is 0.845 bits per heavy atom. The number of allylic oxidation sites excluding steroid dienone is 2. The molecule has 2 unspecified atom stereocenters. The van der Waals surface area contributed by atoms with E-state index >= 15 is 0 Å². The molecule has 0 radical (unpaired) electrons. The van der Waals surface area contributed by atoms with Gasteiger partial charge in [-0.25, -0.2) is 0 Å². The van der Waals surface area contributed by atoms with Crippen LogP contribution in [0.3, 0.4) is 0 Å². The summed E-state index contributed by atoms with van der Waals surface area (Å²) in [5, 5.41) is 23.3. The highest BCUT2D eigenvalue weighted by atomic mass is 16.5. The number of amides is 1. The van der Waals surface area contributed by atoms with Crippen LogP contribution in [0.4, 0.5) is 0 Å². The molecule has 3 N–H and O–H groups in total. The Hall–Kier alpha value is -1.40. The van der Waals surface area contributed by atoms with E-state index in [1.165, 1.54) is 372 Å². The molecule has 0 aromatic heterocycles. The third-order valence-corrected chi connectivity index (χ3v) is 18.6. The Bertz CT molecular complexity index is 1270.